The van der Waals surface area contributed by atoms with E-state index in [2.05, 4.69) is 15.4 Å². The smallest absolute Gasteiger partial charge is 0.411 e. The fourth-order valence-corrected chi connectivity index (χ4v) is 4.31. The van der Waals surface area contributed by atoms with E-state index >= 15 is 0 Å². The summed E-state index contributed by atoms with van der Waals surface area (Å²) >= 11 is 1.23. The molecule has 1 fully saturated rings. The Labute approximate surface area is 203 Å². The van der Waals surface area contributed by atoms with Gasteiger partial charge in [0, 0.05) is 12.1 Å². The minimum atomic E-state index is -0.727. The molecule has 2 heterocycles. The van der Waals surface area contributed by atoms with E-state index in [4.69, 9.17) is 9.47 Å². The van der Waals surface area contributed by atoms with Gasteiger partial charge in [-0.1, -0.05) is 42.1 Å². The molecule has 1 aliphatic heterocycles. The molecule has 0 spiro atoms. The number of carbonyl (C=O) groups excluding carboxylic acids is 3. The molecule has 2 aromatic rings. The molecule has 0 aliphatic carbocycles. The number of nitrogens with zero attached hydrogens (tertiary/aromatic N) is 5. The first-order valence-corrected chi connectivity index (χ1v) is 12.3. The van der Waals surface area contributed by atoms with Crippen molar-refractivity contribution < 1.29 is 23.9 Å². The Morgan fingerprint density at radius 2 is 1.91 bits per heavy atom. The van der Waals surface area contributed by atoms with Gasteiger partial charge in [0.25, 0.3) is 0 Å². The highest BCUT2D eigenvalue weighted by atomic mass is 32.2. The zero-order valence-electron chi connectivity index (χ0n) is 20.0. The van der Waals surface area contributed by atoms with Gasteiger partial charge in [0.1, 0.15) is 11.6 Å². The third kappa shape index (κ3) is 7.28. The summed E-state index contributed by atoms with van der Waals surface area (Å²) < 4.78 is 10.7. The number of carbonyl (C=O) groups is 3. The number of esters is 1. The molecule has 0 bridgehead atoms. The fraction of sp³-hybridized carbons (Fsp3) is 0.565. The summed E-state index contributed by atoms with van der Waals surface area (Å²) in [7, 11) is 0. The number of rotatable bonds is 8. The number of thioether (sulfide) groups is 1. The minimum Gasteiger partial charge on any atom is -0.464 e. The second kappa shape index (κ2) is 11.5. The molecule has 0 saturated carbocycles. The first-order valence-electron chi connectivity index (χ1n) is 11.3. The zero-order valence-corrected chi connectivity index (χ0v) is 20.8. The topological polar surface area (TPSA) is 117 Å². The van der Waals surface area contributed by atoms with Gasteiger partial charge in [0.15, 0.2) is 5.78 Å². The van der Waals surface area contributed by atoms with Crippen molar-refractivity contribution in [1.82, 2.24) is 25.1 Å². The van der Waals surface area contributed by atoms with E-state index in [0.29, 0.717) is 36.7 Å². The number of piperidine rings is 1. The van der Waals surface area contributed by atoms with Crippen molar-refractivity contribution in [1.29, 1.82) is 0 Å². The number of Topliss-reactive ketones (excluding diaryl/α,β-unsaturated/α-hetero) is 1. The second-order valence-electron chi connectivity index (χ2n) is 9.04. The molecule has 1 aromatic carbocycles. The molecule has 2 atom stereocenters. The van der Waals surface area contributed by atoms with Crippen LogP contribution in [0.4, 0.5) is 4.79 Å². The van der Waals surface area contributed by atoms with Crippen LogP contribution in [0, 0.1) is 5.92 Å². The first-order chi connectivity index (χ1) is 16.2. The van der Waals surface area contributed by atoms with Crippen LogP contribution in [0.25, 0.3) is 0 Å². The lowest BCUT2D eigenvalue weighted by molar-refractivity contribution is -0.151. The molecule has 11 heteroatoms. The van der Waals surface area contributed by atoms with Gasteiger partial charge in [-0.15, -0.1) is 10.2 Å². The third-order valence-electron chi connectivity index (χ3n) is 5.18. The van der Waals surface area contributed by atoms with Crippen molar-refractivity contribution >= 4 is 29.6 Å². The minimum absolute atomic E-state index is 0.00579. The Hall–Kier alpha value is -2.95. The van der Waals surface area contributed by atoms with Gasteiger partial charge in [-0.25, -0.2) is 9.59 Å². The Morgan fingerprint density at radius 1 is 1.18 bits per heavy atom. The van der Waals surface area contributed by atoms with Crippen LogP contribution < -0.4 is 0 Å². The summed E-state index contributed by atoms with van der Waals surface area (Å²) in [6, 6.07) is 8.33. The Balaban J connectivity index is 1.58. The number of hydrogen-bond donors (Lipinski definition) is 0. The number of benzene rings is 1. The highest BCUT2D eigenvalue weighted by molar-refractivity contribution is 7.99. The van der Waals surface area contributed by atoms with Crippen molar-refractivity contribution in [3.8, 4) is 0 Å². The number of hydrogen-bond acceptors (Lipinski definition) is 9. The van der Waals surface area contributed by atoms with Crippen LogP contribution in [0.1, 0.15) is 50.9 Å². The van der Waals surface area contributed by atoms with Crippen LogP contribution in [0.5, 0.6) is 0 Å². The summed E-state index contributed by atoms with van der Waals surface area (Å²) in [5, 5.41) is 12.9. The molecular weight excluding hydrogens is 458 g/mol. The van der Waals surface area contributed by atoms with Crippen molar-refractivity contribution in [3.05, 3.63) is 35.9 Å². The Kier molecular flexibility index (Phi) is 8.65. The first kappa shape index (κ1) is 25.7. The molecule has 10 nitrogen and oxygen atoms in total. The molecule has 3 rings (SSSR count). The van der Waals surface area contributed by atoms with Gasteiger partial charge in [-0.05, 0) is 51.7 Å². The molecule has 34 heavy (non-hydrogen) atoms. The average Bonchev–Trinajstić information content (AvgIpc) is 3.24. The maximum absolute atomic E-state index is 12.7. The number of likely N-dealkylation sites (tertiary alicyclic amines) is 1. The number of aromatic nitrogens is 4. The van der Waals surface area contributed by atoms with E-state index in [1.807, 2.05) is 18.2 Å². The van der Waals surface area contributed by atoms with E-state index in [0.717, 1.165) is 0 Å². The highest BCUT2D eigenvalue weighted by Gasteiger charge is 2.39. The van der Waals surface area contributed by atoms with Gasteiger partial charge in [0.2, 0.25) is 5.16 Å². The predicted octanol–water partition coefficient (Wildman–Crippen LogP) is 3.23. The maximum atomic E-state index is 12.7. The van der Waals surface area contributed by atoms with Crippen molar-refractivity contribution in [2.45, 2.75) is 63.9 Å². The van der Waals surface area contributed by atoms with E-state index in [1.165, 1.54) is 21.5 Å². The number of ketones is 1. The monoisotopic (exact) mass is 489 g/mol. The fourth-order valence-electron chi connectivity index (χ4n) is 3.64. The summed E-state index contributed by atoms with van der Waals surface area (Å²) in [5.41, 5.74) is -0.0162. The van der Waals surface area contributed by atoms with Crippen LogP contribution in [0.2, 0.25) is 0 Å². The largest absolute Gasteiger partial charge is 0.464 e. The lowest BCUT2D eigenvalue weighted by atomic mass is 9.91. The van der Waals surface area contributed by atoms with Gasteiger partial charge in [0.05, 0.1) is 18.9 Å². The van der Waals surface area contributed by atoms with Crippen molar-refractivity contribution in [2.24, 2.45) is 5.92 Å². The summed E-state index contributed by atoms with van der Waals surface area (Å²) in [6.45, 7) is 8.14. The van der Waals surface area contributed by atoms with Crippen LogP contribution in [-0.4, -0.2) is 73.5 Å². The molecule has 1 saturated heterocycles. The zero-order chi connectivity index (χ0) is 24.7. The van der Waals surface area contributed by atoms with E-state index in [1.54, 1.807) is 39.8 Å². The molecule has 0 radical (unpaired) electrons. The number of ether oxygens (including phenoxy) is 2. The normalized spacial score (nSPS) is 18.4. The Bertz CT molecular complexity index is 991. The second-order valence-corrected chi connectivity index (χ2v) is 9.98. The lowest BCUT2D eigenvalue weighted by Gasteiger charge is -2.38. The van der Waals surface area contributed by atoms with Crippen LogP contribution in [-0.2, 0) is 20.8 Å². The quantitative estimate of drug-likeness (QED) is 0.313. The lowest BCUT2D eigenvalue weighted by Crippen LogP contribution is -2.52. The van der Waals surface area contributed by atoms with E-state index < -0.39 is 23.7 Å². The molecule has 0 unspecified atom stereocenters. The summed E-state index contributed by atoms with van der Waals surface area (Å²) in [5.74, 6) is -0.185. The molecule has 1 aromatic heterocycles. The SMILES string of the molecule is CCOC(=O)[C@H]1C[C@H](Cn2nnc(SCC(=O)c3ccccc3)n2)CCN1C(=O)OC(C)(C)C. The maximum Gasteiger partial charge on any atom is 0.411 e. The Morgan fingerprint density at radius 3 is 2.59 bits per heavy atom. The van der Waals surface area contributed by atoms with Gasteiger partial charge in [-0.2, -0.15) is 4.80 Å². The van der Waals surface area contributed by atoms with E-state index in [9.17, 15) is 14.4 Å². The third-order valence-corrected chi connectivity index (χ3v) is 6.01. The molecule has 1 amide bonds. The van der Waals surface area contributed by atoms with Gasteiger partial charge < -0.3 is 9.47 Å². The summed E-state index contributed by atoms with van der Waals surface area (Å²) in [4.78, 5) is 40.5. The molecule has 184 valence electrons. The van der Waals surface area contributed by atoms with Crippen LogP contribution in [0.3, 0.4) is 0 Å². The van der Waals surface area contributed by atoms with Crippen molar-refractivity contribution in [3.63, 3.8) is 0 Å². The van der Waals surface area contributed by atoms with Gasteiger partial charge in [-0.3, -0.25) is 9.69 Å². The van der Waals surface area contributed by atoms with Crippen molar-refractivity contribution in [2.75, 3.05) is 18.9 Å². The molecule has 1 aliphatic rings. The summed E-state index contributed by atoms with van der Waals surface area (Å²) in [6.07, 6.45) is 0.546. The number of amides is 1. The van der Waals surface area contributed by atoms with E-state index in [-0.39, 0.29) is 24.1 Å². The average molecular weight is 490 g/mol. The van der Waals surface area contributed by atoms with Crippen LogP contribution in [0.15, 0.2) is 35.5 Å². The molecular formula is C23H31N5O5S. The van der Waals surface area contributed by atoms with Gasteiger partial charge >= 0.3 is 12.1 Å². The predicted molar refractivity (Wildman–Crippen MR) is 125 cm³/mol. The highest BCUT2D eigenvalue weighted by Crippen LogP contribution is 2.27. The van der Waals surface area contributed by atoms with Crippen LogP contribution >= 0.6 is 11.8 Å². The standard InChI is InChI=1S/C23H31N5O5S/c1-5-32-20(30)18-13-16(11-12-27(18)22(31)33-23(2,3)4)14-28-25-21(24-26-28)34-15-19(29)17-9-7-6-8-10-17/h6-10,16,18H,5,11-15H2,1-4H3/t16-,18-/m1/s1. The molecule has 0 N–H and O–H groups in total. The number of tetrazole rings is 1.